The highest BCUT2D eigenvalue weighted by molar-refractivity contribution is 9.10. The Bertz CT molecular complexity index is 974. The van der Waals surface area contributed by atoms with E-state index in [2.05, 4.69) is 37.5 Å². The van der Waals surface area contributed by atoms with Crippen LogP contribution in [0, 0.1) is 22.7 Å². The second kappa shape index (κ2) is 10.1. The number of phenols is 1. The number of primary amides is 1. The van der Waals surface area contributed by atoms with Crippen molar-refractivity contribution in [2.45, 2.75) is 44.2 Å². The fourth-order valence-electron chi connectivity index (χ4n) is 3.71. The number of hydrogen-bond donors (Lipinski definition) is 5. The Balaban J connectivity index is 1.63. The number of likely N-dealkylation sites (tertiary alicyclic amines) is 1. The van der Waals surface area contributed by atoms with Crippen molar-refractivity contribution in [2.24, 2.45) is 11.7 Å². The van der Waals surface area contributed by atoms with Gasteiger partial charge in [0.05, 0.1) is 28.1 Å². The Kier molecular flexibility index (Phi) is 7.53. The van der Waals surface area contributed by atoms with E-state index in [1.54, 1.807) is 6.07 Å². The summed E-state index contributed by atoms with van der Waals surface area (Å²) in [5, 5.41) is 32.9. The van der Waals surface area contributed by atoms with Crippen molar-refractivity contribution in [3.8, 4) is 11.8 Å². The smallest absolute Gasteiger partial charge is 0.253 e. The maximum atomic E-state index is 11.9. The summed E-state index contributed by atoms with van der Waals surface area (Å²) in [7, 11) is 0. The number of nitriles is 1. The van der Waals surface area contributed by atoms with Crippen LogP contribution in [0.5, 0.6) is 5.75 Å². The molecule has 10 heteroatoms. The maximum Gasteiger partial charge on any atom is 0.253 e. The number of hydrogen-bond acceptors (Lipinski definition) is 7. The topological polar surface area (TPSA) is 155 Å². The van der Waals surface area contributed by atoms with Gasteiger partial charge < -0.3 is 21.5 Å². The minimum atomic E-state index is -0.821. The van der Waals surface area contributed by atoms with Crippen molar-refractivity contribution >= 4 is 33.6 Å². The molecule has 0 bridgehead atoms. The largest absolute Gasteiger partial charge is 0.507 e. The van der Waals surface area contributed by atoms with Gasteiger partial charge in [-0.25, -0.2) is 0 Å². The summed E-state index contributed by atoms with van der Waals surface area (Å²) in [5.74, 6) is -1.33. The molecule has 9 nitrogen and oxygen atoms in total. The molecule has 1 saturated carbocycles. The zero-order valence-corrected chi connectivity index (χ0v) is 19.2. The number of carbonyl (C=O) groups excluding carboxylic acids is 2. The molecule has 0 unspecified atom stereocenters. The summed E-state index contributed by atoms with van der Waals surface area (Å²) in [4.78, 5) is 26.0. The van der Waals surface area contributed by atoms with Gasteiger partial charge in [-0.05, 0) is 59.3 Å². The lowest BCUT2D eigenvalue weighted by Crippen LogP contribution is -2.51. The normalized spacial score (nSPS) is 18.4. The van der Waals surface area contributed by atoms with Gasteiger partial charge in [0.25, 0.3) is 5.91 Å². The number of aromatic hydroxyl groups is 1. The summed E-state index contributed by atoms with van der Waals surface area (Å²) in [5.41, 5.74) is 5.74. The summed E-state index contributed by atoms with van der Waals surface area (Å²) in [6, 6.07) is 7.69. The zero-order chi connectivity index (χ0) is 23.3. The van der Waals surface area contributed by atoms with E-state index < -0.39 is 11.4 Å². The second-order valence-corrected chi connectivity index (χ2v) is 9.24. The first-order valence-electron chi connectivity index (χ1n) is 10.5. The summed E-state index contributed by atoms with van der Waals surface area (Å²) in [6.07, 6.45) is 4.45. The van der Waals surface area contributed by atoms with E-state index in [4.69, 9.17) is 11.1 Å². The number of nitrogens with two attached hydrogens (primary N) is 1. The van der Waals surface area contributed by atoms with Crippen LogP contribution in [0.4, 0.5) is 0 Å². The standard InChI is InChI=1S/C22H27BrN6O3/c23-17-4-1-14(11-18(17)30)13-29-9-6-22(5-8-24,7-10-29)27-12-16(20(26)31)19(25)28-21(32)15-2-3-15/h1,4,11-12,15,27,30H,2-3,5-7,9-10,13H2,(H2,26,31)(H2,25,28,32)/b16-12+. The summed E-state index contributed by atoms with van der Waals surface area (Å²) in [6.45, 7) is 2.09. The van der Waals surface area contributed by atoms with Crippen LogP contribution in [-0.4, -0.2) is 46.3 Å². The Morgan fingerprint density at radius 1 is 1.38 bits per heavy atom. The van der Waals surface area contributed by atoms with Crippen LogP contribution < -0.4 is 16.4 Å². The van der Waals surface area contributed by atoms with Gasteiger partial charge in [0.15, 0.2) is 0 Å². The van der Waals surface area contributed by atoms with Gasteiger partial charge in [0, 0.05) is 31.8 Å². The average molecular weight is 503 g/mol. The first kappa shape index (κ1) is 23.8. The second-order valence-electron chi connectivity index (χ2n) is 8.38. The molecule has 6 N–H and O–H groups in total. The van der Waals surface area contributed by atoms with E-state index in [1.165, 1.54) is 6.20 Å². The Hall–Kier alpha value is -2.90. The van der Waals surface area contributed by atoms with Gasteiger partial charge in [-0.15, -0.1) is 0 Å². The molecule has 0 radical (unpaired) electrons. The SMILES string of the molecule is N#CCC1(N/C=C(\C(=N)NC(=O)C2CC2)C(N)=O)CCN(Cc2ccc(Br)c(O)c2)CC1. The first-order valence-corrected chi connectivity index (χ1v) is 11.3. The summed E-state index contributed by atoms with van der Waals surface area (Å²) < 4.78 is 0.646. The van der Waals surface area contributed by atoms with Crippen LogP contribution in [0.25, 0.3) is 0 Å². The molecule has 170 valence electrons. The molecule has 1 heterocycles. The highest BCUT2D eigenvalue weighted by atomic mass is 79.9. The first-order chi connectivity index (χ1) is 15.2. The lowest BCUT2D eigenvalue weighted by molar-refractivity contribution is -0.120. The van der Waals surface area contributed by atoms with Gasteiger partial charge in [-0.1, -0.05) is 6.07 Å². The zero-order valence-electron chi connectivity index (χ0n) is 17.7. The van der Waals surface area contributed by atoms with Crippen molar-refractivity contribution in [1.29, 1.82) is 10.7 Å². The minimum absolute atomic E-state index is 0.0978. The molecule has 32 heavy (non-hydrogen) atoms. The van der Waals surface area contributed by atoms with E-state index in [1.807, 2.05) is 12.1 Å². The van der Waals surface area contributed by atoms with E-state index in [-0.39, 0.29) is 35.4 Å². The Morgan fingerprint density at radius 3 is 2.62 bits per heavy atom. The van der Waals surface area contributed by atoms with Crippen LogP contribution in [0.1, 0.15) is 37.7 Å². The molecule has 0 spiro atoms. The monoisotopic (exact) mass is 502 g/mol. The number of nitrogens with one attached hydrogen (secondary N) is 3. The highest BCUT2D eigenvalue weighted by Gasteiger charge is 2.35. The maximum absolute atomic E-state index is 11.9. The number of amides is 2. The van der Waals surface area contributed by atoms with Crippen molar-refractivity contribution < 1.29 is 14.7 Å². The van der Waals surface area contributed by atoms with Crippen LogP contribution in [-0.2, 0) is 16.1 Å². The number of phenolic OH excluding ortho intramolecular Hbond substituents is 1. The predicted octanol–water partition coefficient (Wildman–Crippen LogP) is 1.87. The molecule has 1 saturated heterocycles. The van der Waals surface area contributed by atoms with Gasteiger partial charge in [0.2, 0.25) is 5.91 Å². The third-order valence-corrected chi connectivity index (χ3v) is 6.57. The highest BCUT2D eigenvalue weighted by Crippen LogP contribution is 2.30. The van der Waals surface area contributed by atoms with Gasteiger partial charge >= 0.3 is 0 Å². The van der Waals surface area contributed by atoms with Crippen molar-refractivity contribution in [2.75, 3.05) is 13.1 Å². The molecular weight excluding hydrogens is 476 g/mol. The molecule has 0 aromatic heterocycles. The van der Waals surface area contributed by atoms with E-state index >= 15 is 0 Å². The molecular formula is C22H27BrN6O3. The molecule has 1 aromatic rings. The predicted molar refractivity (Wildman–Crippen MR) is 122 cm³/mol. The molecule has 1 aliphatic heterocycles. The Morgan fingerprint density at radius 2 is 2.06 bits per heavy atom. The molecule has 1 aliphatic carbocycles. The van der Waals surface area contributed by atoms with Crippen molar-refractivity contribution in [3.05, 3.63) is 40.0 Å². The van der Waals surface area contributed by atoms with Crippen LogP contribution in [0.15, 0.2) is 34.4 Å². The lowest BCUT2D eigenvalue weighted by atomic mass is 9.84. The molecule has 2 amide bonds. The summed E-state index contributed by atoms with van der Waals surface area (Å²) >= 11 is 3.28. The fraction of sp³-hybridized carbons (Fsp3) is 0.455. The molecule has 0 atom stereocenters. The van der Waals surface area contributed by atoms with Crippen molar-refractivity contribution in [3.63, 3.8) is 0 Å². The van der Waals surface area contributed by atoms with Gasteiger partial charge in [-0.3, -0.25) is 19.9 Å². The van der Waals surface area contributed by atoms with Gasteiger partial charge in [-0.2, -0.15) is 5.26 Å². The van der Waals surface area contributed by atoms with E-state index in [0.29, 0.717) is 36.9 Å². The minimum Gasteiger partial charge on any atom is -0.507 e. The Labute approximate surface area is 195 Å². The quantitative estimate of drug-likeness (QED) is 0.207. The molecule has 1 aromatic carbocycles. The molecule has 3 rings (SSSR count). The van der Waals surface area contributed by atoms with E-state index in [0.717, 1.165) is 18.4 Å². The van der Waals surface area contributed by atoms with Crippen LogP contribution in [0.2, 0.25) is 0 Å². The number of amidine groups is 1. The molecule has 2 fully saturated rings. The number of halogens is 1. The number of benzene rings is 1. The van der Waals surface area contributed by atoms with Crippen LogP contribution in [0.3, 0.4) is 0 Å². The van der Waals surface area contributed by atoms with Gasteiger partial charge in [0.1, 0.15) is 11.6 Å². The van der Waals surface area contributed by atoms with Crippen molar-refractivity contribution in [1.82, 2.24) is 15.5 Å². The number of nitrogens with zero attached hydrogens (tertiary/aromatic N) is 2. The fourth-order valence-corrected chi connectivity index (χ4v) is 3.95. The average Bonchev–Trinajstić information content (AvgIpc) is 3.58. The third kappa shape index (κ3) is 6.08. The number of carbonyl (C=O) groups is 2. The third-order valence-electron chi connectivity index (χ3n) is 5.90. The number of piperidine rings is 1. The lowest BCUT2D eigenvalue weighted by Gasteiger charge is -2.41. The molecule has 2 aliphatic rings. The van der Waals surface area contributed by atoms with Crippen LogP contribution >= 0.6 is 15.9 Å². The van der Waals surface area contributed by atoms with E-state index in [9.17, 15) is 20.0 Å². The number of rotatable bonds is 8.